The van der Waals surface area contributed by atoms with E-state index < -0.39 is 5.82 Å². The Hall–Kier alpha value is -1.82. The zero-order valence-electron chi connectivity index (χ0n) is 12.0. The standard InChI is InChI=1S/C15H20FN3O2/c16-13-4-3-12(18-5-1-2-6-18)11-14(13)17-15(20)19-7-9-21-10-8-19/h3-4,11H,1-2,5-10H2,(H,17,20). The molecule has 2 saturated heterocycles. The van der Waals surface area contributed by atoms with Crippen molar-refractivity contribution >= 4 is 17.4 Å². The Balaban J connectivity index is 1.71. The highest BCUT2D eigenvalue weighted by atomic mass is 19.1. The molecule has 0 aliphatic carbocycles. The van der Waals surface area contributed by atoms with Gasteiger partial charge in [-0.1, -0.05) is 0 Å². The summed E-state index contributed by atoms with van der Waals surface area (Å²) in [6.07, 6.45) is 2.32. The molecule has 1 aromatic rings. The number of urea groups is 1. The van der Waals surface area contributed by atoms with E-state index in [4.69, 9.17) is 4.74 Å². The van der Waals surface area contributed by atoms with Crippen molar-refractivity contribution in [1.82, 2.24) is 4.90 Å². The van der Waals surface area contributed by atoms with Gasteiger partial charge in [0, 0.05) is 31.9 Å². The van der Waals surface area contributed by atoms with Crippen molar-refractivity contribution in [2.75, 3.05) is 49.6 Å². The molecule has 21 heavy (non-hydrogen) atoms. The summed E-state index contributed by atoms with van der Waals surface area (Å²) in [6.45, 7) is 4.12. The van der Waals surface area contributed by atoms with Crippen molar-refractivity contribution in [3.8, 4) is 0 Å². The SMILES string of the molecule is O=C(Nc1cc(N2CCCC2)ccc1F)N1CCOCC1. The van der Waals surface area contributed by atoms with Gasteiger partial charge in [-0.3, -0.25) is 0 Å². The molecule has 2 heterocycles. The minimum Gasteiger partial charge on any atom is -0.378 e. The van der Waals surface area contributed by atoms with Crippen LogP contribution in [0.3, 0.4) is 0 Å². The van der Waals surface area contributed by atoms with E-state index in [9.17, 15) is 9.18 Å². The van der Waals surface area contributed by atoms with Gasteiger partial charge in [-0.2, -0.15) is 0 Å². The number of nitrogens with one attached hydrogen (secondary N) is 1. The number of halogens is 1. The summed E-state index contributed by atoms with van der Waals surface area (Å²) in [6, 6.07) is 4.64. The van der Waals surface area contributed by atoms with Crippen molar-refractivity contribution in [3.05, 3.63) is 24.0 Å². The van der Waals surface area contributed by atoms with Crippen LogP contribution in [0.25, 0.3) is 0 Å². The molecule has 2 amide bonds. The Labute approximate surface area is 123 Å². The minimum absolute atomic E-state index is 0.246. The normalized spacial score (nSPS) is 18.9. The van der Waals surface area contributed by atoms with Crippen LogP contribution in [-0.2, 0) is 4.74 Å². The lowest BCUT2D eigenvalue weighted by Crippen LogP contribution is -2.43. The zero-order chi connectivity index (χ0) is 14.7. The molecule has 0 atom stereocenters. The van der Waals surface area contributed by atoms with Crippen LogP contribution < -0.4 is 10.2 Å². The molecular formula is C15H20FN3O2. The molecule has 0 radical (unpaired) electrons. The van der Waals surface area contributed by atoms with Gasteiger partial charge in [0.15, 0.2) is 0 Å². The number of anilines is 2. The van der Waals surface area contributed by atoms with Gasteiger partial charge in [-0.05, 0) is 31.0 Å². The summed E-state index contributed by atoms with van der Waals surface area (Å²) >= 11 is 0. The van der Waals surface area contributed by atoms with Gasteiger partial charge in [-0.25, -0.2) is 9.18 Å². The number of amides is 2. The van der Waals surface area contributed by atoms with E-state index in [1.54, 1.807) is 17.0 Å². The second-order valence-electron chi connectivity index (χ2n) is 5.39. The largest absolute Gasteiger partial charge is 0.378 e. The second kappa shape index (κ2) is 6.30. The number of ether oxygens (including phenoxy) is 1. The molecule has 114 valence electrons. The van der Waals surface area contributed by atoms with Crippen LogP contribution in [0.4, 0.5) is 20.6 Å². The summed E-state index contributed by atoms with van der Waals surface area (Å²) in [4.78, 5) is 16.0. The number of carbonyl (C=O) groups excluding carboxylic acids is 1. The van der Waals surface area contributed by atoms with Gasteiger partial charge in [0.1, 0.15) is 5.82 Å². The summed E-state index contributed by atoms with van der Waals surface area (Å²) in [7, 11) is 0. The fraction of sp³-hybridized carbons (Fsp3) is 0.533. The number of nitrogens with zero attached hydrogens (tertiary/aromatic N) is 2. The van der Waals surface area contributed by atoms with E-state index in [1.807, 2.05) is 0 Å². The quantitative estimate of drug-likeness (QED) is 0.910. The third kappa shape index (κ3) is 3.26. The molecule has 0 saturated carbocycles. The lowest BCUT2D eigenvalue weighted by molar-refractivity contribution is 0.0564. The van der Waals surface area contributed by atoms with Crippen LogP contribution >= 0.6 is 0 Å². The van der Waals surface area contributed by atoms with Crippen LogP contribution in [0.5, 0.6) is 0 Å². The molecular weight excluding hydrogens is 273 g/mol. The summed E-state index contributed by atoms with van der Waals surface area (Å²) in [5.74, 6) is -0.403. The van der Waals surface area contributed by atoms with Crippen molar-refractivity contribution in [1.29, 1.82) is 0 Å². The molecule has 0 aromatic heterocycles. The zero-order valence-corrected chi connectivity index (χ0v) is 12.0. The van der Waals surface area contributed by atoms with Crippen LogP contribution in [0, 0.1) is 5.82 Å². The highest BCUT2D eigenvalue weighted by molar-refractivity contribution is 5.90. The van der Waals surface area contributed by atoms with Crippen molar-refractivity contribution in [3.63, 3.8) is 0 Å². The Bertz CT molecular complexity index is 512. The number of carbonyl (C=O) groups is 1. The van der Waals surface area contributed by atoms with E-state index >= 15 is 0 Å². The molecule has 2 aliphatic heterocycles. The highest BCUT2D eigenvalue weighted by Crippen LogP contribution is 2.26. The molecule has 2 fully saturated rings. The van der Waals surface area contributed by atoms with E-state index in [0.717, 1.165) is 31.6 Å². The molecule has 5 nitrogen and oxygen atoms in total. The number of hydrogen-bond donors (Lipinski definition) is 1. The Morgan fingerprint density at radius 3 is 2.57 bits per heavy atom. The van der Waals surface area contributed by atoms with Crippen molar-refractivity contribution in [2.45, 2.75) is 12.8 Å². The van der Waals surface area contributed by atoms with Gasteiger partial charge < -0.3 is 19.9 Å². The molecule has 0 spiro atoms. The maximum atomic E-state index is 13.9. The summed E-state index contributed by atoms with van der Waals surface area (Å²) in [5.41, 5.74) is 1.21. The number of rotatable bonds is 2. The predicted octanol–water partition coefficient (Wildman–Crippen LogP) is 2.29. The van der Waals surface area contributed by atoms with Gasteiger partial charge in [-0.15, -0.1) is 0 Å². The first-order valence-electron chi connectivity index (χ1n) is 7.42. The minimum atomic E-state index is -0.403. The molecule has 0 unspecified atom stereocenters. The van der Waals surface area contributed by atoms with Crippen molar-refractivity contribution < 1.29 is 13.9 Å². The monoisotopic (exact) mass is 293 g/mol. The average molecular weight is 293 g/mol. The highest BCUT2D eigenvalue weighted by Gasteiger charge is 2.19. The first-order valence-corrected chi connectivity index (χ1v) is 7.42. The van der Waals surface area contributed by atoms with Crippen molar-refractivity contribution in [2.24, 2.45) is 0 Å². The molecule has 1 aromatic carbocycles. The number of hydrogen-bond acceptors (Lipinski definition) is 3. The van der Waals surface area contributed by atoms with E-state index in [-0.39, 0.29) is 11.7 Å². The summed E-state index contributed by atoms with van der Waals surface area (Å²) in [5, 5.41) is 2.67. The van der Waals surface area contributed by atoms with Crippen LogP contribution in [-0.4, -0.2) is 50.3 Å². The Kier molecular flexibility index (Phi) is 4.24. The summed E-state index contributed by atoms with van der Waals surface area (Å²) < 4.78 is 19.1. The van der Waals surface area contributed by atoms with Crippen LogP contribution in [0.1, 0.15) is 12.8 Å². The first kappa shape index (κ1) is 14.1. The molecule has 3 rings (SSSR count). The van der Waals surface area contributed by atoms with Crippen LogP contribution in [0.2, 0.25) is 0 Å². The maximum Gasteiger partial charge on any atom is 0.322 e. The molecule has 2 aliphatic rings. The van der Waals surface area contributed by atoms with E-state index in [2.05, 4.69) is 10.2 Å². The third-order valence-electron chi connectivity index (χ3n) is 3.96. The average Bonchev–Trinajstić information content (AvgIpc) is 3.04. The number of benzene rings is 1. The lowest BCUT2D eigenvalue weighted by Gasteiger charge is -2.27. The van der Waals surface area contributed by atoms with Gasteiger partial charge in [0.2, 0.25) is 0 Å². The van der Waals surface area contributed by atoms with E-state index in [1.165, 1.54) is 6.07 Å². The van der Waals surface area contributed by atoms with Gasteiger partial charge >= 0.3 is 6.03 Å². The van der Waals surface area contributed by atoms with Crippen LogP contribution in [0.15, 0.2) is 18.2 Å². The fourth-order valence-electron chi connectivity index (χ4n) is 2.74. The molecule has 0 bridgehead atoms. The molecule has 1 N–H and O–H groups in total. The lowest BCUT2D eigenvalue weighted by atomic mass is 10.2. The Morgan fingerprint density at radius 2 is 1.86 bits per heavy atom. The second-order valence-corrected chi connectivity index (χ2v) is 5.39. The Morgan fingerprint density at radius 1 is 1.14 bits per heavy atom. The molecule has 6 heteroatoms. The maximum absolute atomic E-state index is 13.9. The smallest absolute Gasteiger partial charge is 0.322 e. The van der Waals surface area contributed by atoms with Gasteiger partial charge in [0.05, 0.1) is 18.9 Å². The first-order chi connectivity index (χ1) is 10.2. The topological polar surface area (TPSA) is 44.8 Å². The van der Waals surface area contributed by atoms with Gasteiger partial charge in [0.25, 0.3) is 0 Å². The third-order valence-corrected chi connectivity index (χ3v) is 3.96. The van der Waals surface area contributed by atoms with E-state index in [0.29, 0.717) is 26.3 Å². The predicted molar refractivity (Wildman–Crippen MR) is 79.3 cm³/mol. The number of morpholine rings is 1. The fourth-order valence-corrected chi connectivity index (χ4v) is 2.74.